The van der Waals surface area contributed by atoms with Crippen molar-refractivity contribution < 1.29 is 18.7 Å². The molecule has 0 amide bonds. The summed E-state index contributed by atoms with van der Waals surface area (Å²) in [5, 5.41) is 13.7. The zero-order valence-corrected chi connectivity index (χ0v) is 12.9. The fourth-order valence-corrected chi connectivity index (χ4v) is 3.39. The Morgan fingerprint density at radius 1 is 1.39 bits per heavy atom. The van der Waals surface area contributed by atoms with Crippen LogP contribution in [0, 0.1) is 11.6 Å². The van der Waals surface area contributed by atoms with E-state index < -0.39 is 17.6 Å². The van der Waals surface area contributed by atoms with E-state index in [9.17, 15) is 13.6 Å². The van der Waals surface area contributed by atoms with Gasteiger partial charge in [-0.15, -0.1) is 0 Å². The standard InChI is InChI=1S/C17H18F2N2O2/c1-2-14-17-10(8-16(22)23)4-3-5-15(17)21(20-14)11-6-7-12(18)13(19)9-11/h6-7,9-10H,2-5,8H2,1H3,(H,22,23). The molecule has 3 rings (SSSR count). The van der Waals surface area contributed by atoms with Crippen molar-refractivity contribution in [1.29, 1.82) is 0 Å². The SMILES string of the molecule is CCc1nn(-c2ccc(F)c(F)c2)c2c1C(CC(=O)O)CCC2. The van der Waals surface area contributed by atoms with E-state index in [4.69, 9.17) is 5.11 Å². The second-order valence-electron chi connectivity index (χ2n) is 5.86. The lowest BCUT2D eigenvalue weighted by atomic mass is 9.82. The number of carbonyl (C=O) groups is 1. The third kappa shape index (κ3) is 2.85. The summed E-state index contributed by atoms with van der Waals surface area (Å²) in [5.41, 5.74) is 3.21. The monoisotopic (exact) mass is 320 g/mol. The molecule has 4 nitrogen and oxygen atoms in total. The molecule has 0 bridgehead atoms. The molecule has 0 saturated carbocycles. The molecule has 1 aromatic carbocycles. The highest BCUT2D eigenvalue weighted by atomic mass is 19.2. The van der Waals surface area contributed by atoms with Crippen molar-refractivity contribution in [1.82, 2.24) is 9.78 Å². The molecule has 2 aromatic rings. The number of aryl methyl sites for hydroxylation is 1. The fraction of sp³-hybridized carbons (Fsp3) is 0.412. The molecule has 1 aliphatic rings. The van der Waals surface area contributed by atoms with Crippen molar-refractivity contribution >= 4 is 5.97 Å². The van der Waals surface area contributed by atoms with Crippen LogP contribution in [0.5, 0.6) is 0 Å². The molecule has 1 unspecified atom stereocenters. The summed E-state index contributed by atoms with van der Waals surface area (Å²) in [6.07, 6.45) is 3.19. The number of carboxylic acids is 1. The smallest absolute Gasteiger partial charge is 0.303 e. The molecule has 1 aliphatic carbocycles. The first-order valence-corrected chi connectivity index (χ1v) is 7.79. The topological polar surface area (TPSA) is 55.1 Å². The average molecular weight is 320 g/mol. The van der Waals surface area contributed by atoms with E-state index in [1.165, 1.54) is 6.07 Å². The van der Waals surface area contributed by atoms with Crippen molar-refractivity contribution in [2.45, 2.75) is 44.9 Å². The van der Waals surface area contributed by atoms with Crippen LogP contribution in [0.25, 0.3) is 5.69 Å². The van der Waals surface area contributed by atoms with Crippen LogP contribution in [-0.2, 0) is 17.6 Å². The molecule has 23 heavy (non-hydrogen) atoms. The average Bonchev–Trinajstić information content (AvgIpc) is 2.89. The number of hydrogen-bond donors (Lipinski definition) is 1. The van der Waals surface area contributed by atoms with Crippen molar-refractivity contribution in [3.63, 3.8) is 0 Å². The van der Waals surface area contributed by atoms with Gasteiger partial charge < -0.3 is 5.11 Å². The van der Waals surface area contributed by atoms with Gasteiger partial charge in [0.25, 0.3) is 0 Å². The quantitative estimate of drug-likeness (QED) is 0.936. The minimum absolute atomic E-state index is 0.0646. The van der Waals surface area contributed by atoms with E-state index >= 15 is 0 Å². The Labute approximate surface area is 132 Å². The Bertz CT molecular complexity index is 755. The number of rotatable bonds is 4. The molecule has 0 fully saturated rings. The largest absolute Gasteiger partial charge is 0.481 e. The minimum atomic E-state index is -0.914. The van der Waals surface area contributed by atoms with Gasteiger partial charge in [-0.3, -0.25) is 4.79 Å². The number of aliphatic carboxylic acids is 1. The highest BCUT2D eigenvalue weighted by Crippen LogP contribution is 2.37. The molecule has 0 aliphatic heterocycles. The zero-order valence-electron chi connectivity index (χ0n) is 12.9. The van der Waals surface area contributed by atoms with Gasteiger partial charge in [-0.2, -0.15) is 5.10 Å². The molecule has 6 heteroatoms. The summed E-state index contributed by atoms with van der Waals surface area (Å²) >= 11 is 0. The lowest BCUT2D eigenvalue weighted by Crippen LogP contribution is -2.15. The van der Waals surface area contributed by atoms with Crippen molar-refractivity contribution in [3.05, 3.63) is 46.8 Å². The summed E-state index contributed by atoms with van der Waals surface area (Å²) in [5.74, 6) is -2.70. The van der Waals surface area contributed by atoms with E-state index in [1.807, 2.05) is 6.92 Å². The molecule has 1 aromatic heterocycles. The molecule has 1 atom stereocenters. The van der Waals surface area contributed by atoms with Gasteiger partial charge in [0.1, 0.15) is 0 Å². The van der Waals surface area contributed by atoms with Gasteiger partial charge in [0, 0.05) is 17.3 Å². The molecule has 1 heterocycles. The Hall–Kier alpha value is -2.24. The number of fused-ring (bicyclic) bond motifs is 1. The molecule has 0 spiro atoms. The van der Waals surface area contributed by atoms with E-state index in [-0.39, 0.29) is 12.3 Å². The van der Waals surface area contributed by atoms with Gasteiger partial charge in [0.2, 0.25) is 0 Å². The normalized spacial score (nSPS) is 17.1. The van der Waals surface area contributed by atoms with Crippen LogP contribution in [0.15, 0.2) is 18.2 Å². The summed E-state index contributed by atoms with van der Waals surface area (Å²) in [7, 11) is 0. The predicted molar refractivity (Wildman–Crippen MR) is 80.8 cm³/mol. The van der Waals surface area contributed by atoms with Gasteiger partial charge in [-0.1, -0.05) is 6.92 Å². The summed E-state index contributed by atoms with van der Waals surface area (Å²) in [6, 6.07) is 3.71. The second kappa shape index (κ2) is 6.10. The molecule has 1 N–H and O–H groups in total. The van der Waals surface area contributed by atoms with Gasteiger partial charge in [0.15, 0.2) is 11.6 Å². The second-order valence-corrected chi connectivity index (χ2v) is 5.86. The van der Waals surface area contributed by atoms with E-state index in [0.717, 1.165) is 48.3 Å². The summed E-state index contributed by atoms with van der Waals surface area (Å²) in [4.78, 5) is 11.1. The van der Waals surface area contributed by atoms with E-state index in [0.29, 0.717) is 12.1 Å². The molecule has 0 saturated heterocycles. The van der Waals surface area contributed by atoms with Crippen LogP contribution in [-0.4, -0.2) is 20.9 Å². The number of nitrogens with zero attached hydrogens (tertiary/aromatic N) is 2. The van der Waals surface area contributed by atoms with E-state index in [2.05, 4.69) is 5.10 Å². The zero-order chi connectivity index (χ0) is 16.6. The first kappa shape index (κ1) is 15.6. The molecule has 0 radical (unpaired) electrons. The van der Waals surface area contributed by atoms with Crippen LogP contribution < -0.4 is 0 Å². The minimum Gasteiger partial charge on any atom is -0.481 e. The first-order chi connectivity index (χ1) is 11.0. The Morgan fingerprint density at radius 3 is 2.83 bits per heavy atom. The van der Waals surface area contributed by atoms with Gasteiger partial charge in [-0.25, -0.2) is 13.5 Å². The Kier molecular flexibility index (Phi) is 4.15. The highest BCUT2D eigenvalue weighted by Gasteiger charge is 2.29. The summed E-state index contributed by atoms with van der Waals surface area (Å²) in [6.45, 7) is 1.96. The van der Waals surface area contributed by atoms with Crippen molar-refractivity contribution in [2.75, 3.05) is 0 Å². The number of aromatic nitrogens is 2. The first-order valence-electron chi connectivity index (χ1n) is 7.79. The van der Waals surface area contributed by atoms with E-state index in [1.54, 1.807) is 4.68 Å². The van der Waals surface area contributed by atoms with Crippen molar-refractivity contribution in [3.8, 4) is 5.69 Å². The lowest BCUT2D eigenvalue weighted by molar-refractivity contribution is -0.137. The third-order valence-corrected chi connectivity index (χ3v) is 4.38. The van der Waals surface area contributed by atoms with Gasteiger partial charge in [-0.05, 0) is 43.7 Å². The van der Waals surface area contributed by atoms with Crippen LogP contribution >= 0.6 is 0 Å². The number of benzene rings is 1. The maximum absolute atomic E-state index is 13.5. The van der Waals surface area contributed by atoms with Crippen molar-refractivity contribution in [2.24, 2.45) is 0 Å². The lowest BCUT2D eigenvalue weighted by Gasteiger charge is -2.22. The third-order valence-electron chi connectivity index (χ3n) is 4.38. The molecular formula is C17H18F2N2O2. The predicted octanol–water partition coefficient (Wildman–Crippen LogP) is 3.61. The number of carboxylic acid groups (broad SMARTS) is 1. The van der Waals surface area contributed by atoms with Gasteiger partial charge in [0.05, 0.1) is 17.8 Å². The maximum Gasteiger partial charge on any atom is 0.303 e. The fourth-order valence-electron chi connectivity index (χ4n) is 3.39. The Morgan fingerprint density at radius 2 is 2.17 bits per heavy atom. The number of halogens is 2. The molecule has 122 valence electrons. The summed E-state index contributed by atoms with van der Waals surface area (Å²) < 4.78 is 28.3. The van der Waals surface area contributed by atoms with Crippen LogP contribution in [0.4, 0.5) is 8.78 Å². The number of hydrogen-bond acceptors (Lipinski definition) is 2. The van der Waals surface area contributed by atoms with Crippen LogP contribution in [0.2, 0.25) is 0 Å². The van der Waals surface area contributed by atoms with Crippen LogP contribution in [0.3, 0.4) is 0 Å². The Balaban J connectivity index is 2.11. The molecular weight excluding hydrogens is 302 g/mol. The maximum atomic E-state index is 13.5. The van der Waals surface area contributed by atoms with Gasteiger partial charge >= 0.3 is 5.97 Å². The highest BCUT2D eigenvalue weighted by molar-refractivity contribution is 5.68. The van der Waals surface area contributed by atoms with Crippen LogP contribution in [0.1, 0.15) is 49.1 Å².